The summed E-state index contributed by atoms with van der Waals surface area (Å²) in [5.74, 6) is 1.79. The average molecular weight is 353 g/mol. The van der Waals surface area contributed by atoms with E-state index in [1.807, 2.05) is 37.5 Å². The molecule has 0 bridgehead atoms. The van der Waals surface area contributed by atoms with Gasteiger partial charge in [0.15, 0.2) is 0 Å². The van der Waals surface area contributed by atoms with E-state index in [0.717, 1.165) is 21.0 Å². The molecule has 2 aromatic rings. The molecule has 1 N–H and O–H groups in total. The van der Waals surface area contributed by atoms with Crippen LogP contribution in [0.15, 0.2) is 52.1 Å². The molecule has 3 nitrogen and oxygen atoms in total. The van der Waals surface area contributed by atoms with Crippen LogP contribution in [0.5, 0.6) is 5.75 Å². The summed E-state index contributed by atoms with van der Waals surface area (Å²) in [6.45, 7) is 0. The number of benzene rings is 1. The molecule has 1 unspecified atom stereocenters. The van der Waals surface area contributed by atoms with Crippen LogP contribution in [0.1, 0.15) is 11.6 Å². The molecule has 0 aliphatic heterocycles. The molecule has 2 rings (SSSR count). The first-order valence-corrected chi connectivity index (χ1v) is 8.07. The van der Waals surface area contributed by atoms with Crippen molar-refractivity contribution in [2.24, 2.45) is 0 Å². The topological polar surface area (TPSA) is 34.2 Å². The molecule has 0 amide bonds. The third-order valence-corrected chi connectivity index (χ3v) is 4.98. The predicted octanol–water partition coefficient (Wildman–Crippen LogP) is 3.91. The highest BCUT2D eigenvalue weighted by Crippen LogP contribution is 2.29. The van der Waals surface area contributed by atoms with Gasteiger partial charge in [-0.1, -0.05) is 12.1 Å². The minimum Gasteiger partial charge on any atom is -0.497 e. The van der Waals surface area contributed by atoms with Crippen LogP contribution in [0.3, 0.4) is 0 Å². The van der Waals surface area contributed by atoms with Gasteiger partial charge in [-0.15, -0.1) is 11.8 Å². The second-order valence-electron chi connectivity index (χ2n) is 4.22. The fourth-order valence-corrected chi connectivity index (χ4v) is 3.45. The van der Waals surface area contributed by atoms with Crippen LogP contribution in [-0.2, 0) is 0 Å². The van der Waals surface area contributed by atoms with Crippen LogP contribution >= 0.6 is 27.7 Å². The molecule has 0 saturated carbocycles. The van der Waals surface area contributed by atoms with Gasteiger partial charge in [0.1, 0.15) is 10.8 Å². The molecule has 0 fully saturated rings. The lowest BCUT2D eigenvalue weighted by molar-refractivity contribution is 0.414. The summed E-state index contributed by atoms with van der Waals surface area (Å²) >= 11 is 5.26. The Kier molecular flexibility index (Phi) is 5.88. The standard InChI is InChI=1S/C15H17BrN2OS/c1-17-14(11-5-7-12(19-2)8-6-11)10-20-15-13(16)4-3-9-18-15/h3-9,14,17H,10H2,1-2H3. The molecule has 0 spiro atoms. The predicted molar refractivity (Wildman–Crippen MR) is 87.5 cm³/mol. The van der Waals surface area contributed by atoms with Crippen molar-refractivity contribution in [3.8, 4) is 5.75 Å². The van der Waals surface area contributed by atoms with Gasteiger partial charge in [0.2, 0.25) is 0 Å². The quantitative estimate of drug-likeness (QED) is 0.799. The second kappa shape index (κ2) is 7.67. The van der Waals surface area contributed by atoms with Gasteiger partial charge in [-0.3, -0.25) is 0 Å². The highest BCUT2D eigenvalue weighted by molar-refractivity contribution is 9.10. The second-order valence-corrected chi connectivity index (χ2v) is 6.08. The zero-order valence-corrected chi connectivity index (χ0v) is 13.9. The van der Waals surface area contributed by atoms with Gasteiger partial charge in [-0.2, -0.15) is 0 Å². The minimum atomic E-state index is 0.278. The third kappa shape index (κ3) is 3.98. The fourth-order valence-electron chi connectivity index (χ4n) is 1.82. The van der Waals surface area contributed by atoms with Crippen molar-refractivity contribution in [1.29, 1.82) is 0 Å². The summed E-state index contributed by atoms with van der Waals surface area (Å²) in [5, 5.41) is 4.36. The van der Waals surface area contributed by atoms with Crippen molar-refractivity contribution < 1.29 is 4.74 Å². The number of hydrogen-bond acceptors (Lipinski definition) is 4. The normalized spacial score (nSPS) is 12.2. The summed E-state index contributed by atoms with van der Waals surface area (Å²) < 4.78 is 6.22. The molecular formula is C15H17BrN2OS. The smallest absolute Gasteiger partial charge is 0.118 e. The molecule has 1 atom stereocenters. The number of hydrogen-bond donors (Lipinski definition) is 1. The maximum atomic E-state index is 5.19. The Bertz CT molecular complexity index is 548. The molecule has 0 aliphatic carbocycles. The Balaban J connectivity index is 2.03. The lowest BCUT2D eigenvalue weighted by atomic mass is 10.1. The van der Waals surface area contributed by atoms with E-state index >= 15 is 0 Å². The van der Waals surface area contributed by atoms with Gasteiger partial charge in [-0.25, -0.2) is 4.98 Å². The zero-order chi connectivity index (χ0) is 14.4. The summed E-state index contributed by atoms with van der Waals surface area (Å²) in [7, 11) is 3.65. The number of pyridine rings is 1. The Morgan fingerprint density at radius 1 is 1.30 bits per heavy atom. The largest absolute Gasteiger partial charge is 0.497 e. The Hall–Kier alpha value is -1.04. The number of aromatic nitrogens is 1. The summed E-state index contributed by atoms with van der Waals surface area (Å²) in [5.41, 5.74) is 1.24. The van der Waals surface area contributed by atoms with E-state index in [1.165, 1.54) is 5.56 Å². The van der Waals surface area contributed by atoms with E-state index in [9.17, 15) is 0 Å². The van der Waals surface area contributed by atoms with Gasteiger partial charge < -0.3 is 10.1 Å². The van der Waals surface area contributed by atoms with Crippen LogP contribution in [-0.4, -0.2) is 24.9 Å². The highest BCUT2D eigenvalue weighted by Gasteiger charge is 2.11. The van der Waals surface area contributed by atoms with Gasteiger partial charge in [0.05, 0.1) is 7.11 Å². The van der Waals surface area contributed by atoms with E-state index in [1.54, 1.807) is 18.9 Å². The molecule has 1 heterocycles. The highest BCUT2D eigenvalue weighted by atomic mass is 79.9. The zero-order valence-electron chi connectivity index (χ0n) is 11.5. The van der Waals surface area contributed by atoms with Gasteiger partial charge in [0.25, 0.3) is 0 Å². The molecule has 1 aromatic carbocycles. The molecule has 1 aromatic heterocycles. The van der Waals surface area contributed by atoms with Gasteiger partial charge >= 0.3 is 0 Å². The van der Waals surface area contributed by atoms with Gasteiger partial charge in [-0.05, 0) is 52.8 Å². The number of rotatable bonds is 6. The molecule has 0 radical (unpaired) electrons. The SMILES string of the molecule is CNC(CSc1ncccc1Br)c1ccc(OC)cc1. The van der Waals surface area contributed by atoms with Crippen LogP contribution in [0.4, 0.5) is 0 Å². The fraction of sp³-hybridized carbons (Fsp3) is 0.267. The Morgan fingerprint density at radius 2 is 2.05 bits per heavy atom. The number of nitrogens with one attached hydrogen (secondary N) is 1. The molecule has 106 valence electrons. The van der Waals surface area contributed by atoms with Crippen LogP contribution < -0.4 is 10.1 Å². The summed E-state index contributed by atoms with van der Waals surface area (Å²) in [6, 6.07) is 12.4. The van der Waals surface area contributed by atoms with Crippen molar-refractivity contribution in [3.05, 3.63) is 52.6 Å². The first kappa shape index (κ1) is 15.4. The van der Waals surface area contributed by atoms with Crippen molar-refractivity contribution in [1.82, 2.24) is 10.3 Å². The van der Waals surface area contributed by atoms with E-state index in [0.29, 0.717) is 0 Å². The first-order chi connectivity index (χ1) is 9.74. The van der Waals surface area contributed by atoms with Crippen molar-refractivity contribution in [2.75, 3.05) is 19.9 Å². The third-order valence-electron chi connectivity index (χ3n) is 2.98. The number of halogens is 1. The minimum absolute atomic E-state index is 0.278. The van der Waals surface area contributed by atoms with E-state index < -0.39 is 0 Å². The molecule has 0 saturated heterocycles. The Labute approximate surface area is 132 Å². The maximum Gasteiger partial charge on any atom is 0.118 e. The first-order valence-electron chi connectivity index (χ1n) is 6.29. The molecule has 20 heavy (non-hydrogen) atoms. The summed E-state index contributed by atoms with van der Waals surface area (Å²) in [4.78, 5) is 4.37. The van der Waals surface area contributed by atoms with Crippen LogP contribution in [0, 0.1) is 0 Å². The summed E-state index contributed by atoms with van der Waals surface area (Å²) in [6.07, 6.45) is 1.81. The lowest BCUT2D eigenvalue weighted by Crippen LogP contribution is -2.18. The van der Waals surface area contributed by atoms with E-state index in [2.05, 4.69) is 38.4 Å². The average Bonchev–Trinajstić information content (AvgIpc) is 2.50. The molecule has 5 heteroatoms. The van der Waals surface area contributed by atoms with Crippen molar-refractivity contribution in [3.63, 3.8) is 0 Å². The number of methoxy groups -OCH3 is 1. The van der Waals surface area contributed by atoms with E-state index in [4.69, 9.17) is 4.74 Å². The monoisotopic (exact) mass is 352 g/mol. The number of nitrogens with zero attached hydrogens (tertiary/aromatic N) is 1. The van der Waals surface area contributed by atoms with E-state index in [-0.39, 0.29) is 6.04 Å². The van der Waals surface area contributed by atoms with Crippen molar-refractivity contribution >= 4 is 27.7 Å². The van der Waals surface area contributed by atoms with Crippen molar-refractivity contribution in [2.45, 2.75) is 11.1 Å². The van der Waals surface area contributed by atoms with Crippen LogP contribution in [0.2, 0.25) is 0 Å². The number of thioether (sulfide) groups is 1. The lowest BCUT2D eigenvalue weighted by Gasteiger charge is -2.16. The maximum absolute atomic E-state index is 5.19. The van der Waals surface area contributed by atoms with Crippen LogP contribution in [0.25, 0.3) is 0 Å². The number of ether oxygens (including phenoxy) is 1. The molecule has 0 aliphatic rings. The molecular weight excluding hydrogens is 336 g/mol. The Morgan fingerprint density at radius 3 is 2.65 bits per heavy atom. The van der Waals surface area contributed by atoms with Gasteiger partial charge in [0, 0.05) is 22.5 Å².